The maximum atomic E-state index is 12.2. The molecular weight excluding hydrogens is 306 g/mol. The molecule has 0 radical (unpaired) electrons. The number of ether oxygens (including phenoxy) is 1. The Kier molecular flexibility index (Phi) is 6.61. The van der Waals surface area contributed by atoms with E-state index in [1.807, 2.05) is 0 Å². The van der Waals surface area contributed by atoms with Gasteiger partial charge in [0.1, 0.15) is 0 Å². The van der Waals surface area contributed by atoms with Crippen LogP contribution in [0.15, 0.2) is 18.2 Å². The van der Waals surface area contributed by atoms with E-state index < -0.39 is 11.8 Å². The van der Waals surface area contributed by atoms with Crippen molar-refractivity contribution in [2.45, 2.75) is 20.3 Å². The summed E-state index contributed by atoms with van der Waals surface area (Å²) in [4.78, 5) is 28.0. The van der Waals surface area contributed by atoms with Crippen LogP contribution in [-0.4, -0.2) is 63.2 Å². The molecule has 1 N–H and O–H groups in total. The number of rotatable bonds is 5. The predicted octanol–water partition coefficient (Wildman–Crippen LogP) is 1.10. The summed E-state index contributed by atoms with van der Waals surface area (Å²) in [6.07, 6.45) is 0.704. The average molecular weight is 333 g/mol. The van der Waals surface area contributed by atoms with Crippen LogP contribution in [0, 0.1) is 13.8 Å². The molecule has 1 saturated heterocycles. The van der Waals surface area contributed by atoms with Crippen molar-refractivity contribution in [3.8, 4) is 0 Å². The van der Waals surface area contributed by atoms with E-state index >= 15 is 0 Å². The molecule has 1 aromatic rings. The van der Waals surface area contributed by atoms with Gasteiger partial charge in [0.2, 0.25) is 0 Å². The lowest BCUT2D eigenvalue weighted by atomic mass is 10.1. The Bertz CT molecular complexity index is 581. The van der Waals surface area contributed by atoms with Gasteiger partial charge in [-0.2, -0.15) is 0 Å². The smallest absolute Gasteiger partial charge is 0.312 e. The summed E-state index contributed by atoms with van der Waals surface area (Å²) < 4.78 is 4.92. The summed E-state index contributed by atoms with van der Waals surface area (Å²) >= 11 is 0. The minimum Gasteiger partial charge on any atom is -0.385 e. The molecule has 0 aliphatic carbocycles. The summed E-state index contributed by atoms with van der Waals surface area (Å²) in [6, 6.07) is 6.28. The fraction of sp³-hybridized carbons (Fsp3) is 0.556. The number of nitrogens with zero attached hydrogens (tertiary/aromatic N) is 2. The molecule has 1 heterocycles. The van der Waals surface area contributed by atoms with Gasteiger partial charge in [-0.05, 0) is 37.5 Å². The number of carbonyl (C=O) groups excluding carboxylic acids is 2. The highest BCUT2D eigenvalue weighted by atomic mass is 16.5. The fourth-order valence-corrected chi connectivity index (χ4v) is 2.87. The fourth-order valence-electron chi connectivity index (χ4n) is 2.87. The Morgan fingerprint density at radius 3 is 2.54 bits per heavy atom. The zero-order valence-electron chi connectivity index (χ0n) is 14.8. The molecule has 1 aliphatic heterocycles. The largest absolute Gasteiger partial charge is 0.385 e. The number of amides is 2. The van der Waals surface area contributed by atoms with Crippen molar-refractivity contribution < 1.29 is 14.3 Å². The molecule has 0 unspecified atom stereocenters. The van der Waals surface area contributed by atoms with Gasteiger partial charge in [0, 0.05) is 52.1 Å². The molecule has 0 bridgehead atoms. The normalized spacial score (nSPS) is 14.6. The lowest BCUT2D eigenvalue weighted by Crippen LogP contribution is -2.53. The van der Waals surface area contributed by atoms with Crippen molar-refractivity contribution >= 4 is 17.5 Å². The molecule has 6 heteroatoms. The average Bonchev–Trinajstić information content (AvgIpc) is 2.60. The van der Waals surface area contributed by atoms with Crippen LogP contribution in [0.2, 0.25) is 0 Å². The molecular formula is C18H27N3O3. The van der Waals surface area contributed by atoms with Crippen molar-refractivity contribution in [2.24, 2.45) is 0 Å². The zero-order chi connectivity index (χ0) is 17.5. The molecule has 0 aromatic heterocycles. The summed E-state index contributed by atoms with van der Waals surface area (Å²) in [5, 5.41) is 2.65. The number of carbonyl (C=O) groups is 2. The minimum atomic E-state index is -0.522. The second-order valence-corrected chi connectivity index (χ2v) is 6.10. The summed E-state index contributed by atoms with van der Waals surface area (Å²) in [5.41, 5.74) is 3.75. The summed E-state index contributed by atoms with van der Waals surface area (Å²) in [6.45, 7) is 7.88. The molecule has 6 nitrogen and oxygen atoms in total. The van der Waals surface area contributed by atoms with Crippen LogP contribution in [-0.2, 0) is 14.3 Å². The standard InChI is InChI=1S/C18H27N3O3/c1-14-6-4-7-16(15(14)2)20-9-11-21(12-10-20)18(23)17(22)19-8-5-13-24-3/h4,6-7H,5,8-13H2,1-3H3,(H,19,22). The molecule has 1 fully saturated rings. The third-order valence-electron chi connectivity index (χ3n) is 4.49. The SMILES string of the molecule is COCCCNC(=O)C(=O)N1CCN(c2cccc(C)c2C)CC1. The van der Waals surface area contributed by atoms with Crippen LogP contribution in [0.3, 0.4) is 0 Å². The van der Waals surface area contributed by atoms with E-state index in [0.29, 0.717) is 32.7 Å². The Morgan fingerprint density at radius 2 is 1.88 bits per heavy atom. The van der Waals surface area contributed by atoms with Gasteiger partial charge in [-0.3, -0.25) is 9.59 Å². The van der Waals surface area contributed by atoms with Crippen molar-refractivity contribution in [3.05, 3.63) is 29.3 Å². The quantitative estimate of drug-likeness (QED) is 0.648. The molecule has 0 saturated carbocycles. The summed E-state index contributed by atoms with van der Waals surface area (Å²) in [7, 11) is 1.61. The van der Waals surface area contributed by atoms with Crippen LogP contribution in [0.25, 0.3) is 0 Å². The van der Waals surface area contributed by atoms with Crippen LogP contribution in [0.5, 0.6) is 0 Å². The number of piperazine rings is 1. The van der Waals surface area contributed by atoms with Crippen molar-refractivity contribution in [1.29, 1.82) is 0 Å². The minimum absolute atomic E-state index is 0.437. The van der Waals surface area contributed by atoms with Gasteiger partial charge in [0.25, 0.3) is 0 Å². The van der Waals surface area contributed by atoms with Gasteiger partial charge < -0.3 is 19.9 Å². The maximum absolute atomic E-state index is 12.2. The van der Waals surface area contributed by atoms with Gasteiger partial charge in [-0.1, -0.05) is 12.1 Å². The first-order valence-electron chi connectivity index (χ1n) is 8.41. The molecule has 1 aliphatic rings. The number of aryl methyl sites for hydroxylation is 1. The van der Waals surface area contributed by atoms with Gasteiger partial charge in [-0.15, -0.1) is 0 Å². The van der Waals surface area contributed by atoms with E-state index in [4.69, 9.17) is 4.74 Å². The van der Waals surface area contributed by atoms with Crippen molar-refractivity contribution in [1.82, 2.24) is 10.2 Å². The van der Waals surface area contributed by atoms with E-state index in [1.54, 1.807) is 12.0 Å². The first-order valence-corrected chi connectivity index (χ1v) is 8.41. The lowest BCUT2D eigenvalue weighted by Gasteiger charge is -2.36. The lowest BCUT2D eigenvalue weighted by molar-refractivity contribution is -0.146. The highest BCUT2D eigenvalue weighted by molar-refractivity contribution is 6.35. The van der Waals surface area contributed by atoms with Crippen LogP contribution in [0.1, 0.15) is 17.5 Å². The number of anilines is 1. The Morgan fingerprint density at radius 1 is 1.17 bits per heavy atom. The van der Waals surface area contributed by atoms with Gasteiger partial charge >= 0.3 is 11.8 Å². The second-order valence-electron chi connectivity index (χ2n) is 6.10. The van der Waals surface area contributed by atoms with Crippen LogP contribution >= 0.6 is 0 Å². The third kappa shape index (κ3) is 4.47. The van der Waals surface area contributed by atoms with Crippen molar-refractivity contribution in [2.75, 3.05) is 51.3 Å². The molecule has 132 valence electrons. The zero-order valence-corrected chi connectivity index (χ0v) is 14.8. The summed E-state index contributed by atoms with van der Waals surface area (Å²) in [5.74, 6) is -0.959. The number of hydrogen-bond acceptors (Lipinski definition) is 4. The second kappa shape index (κ2) is 8.68. The van der Waals surface area contributed by atoms with E-state index in [1.165, 1.54) is 16.8 Å². The number of nitrogens with one attached hydrogen (secondary N) is 1. The van der Waals surface area contributed by atoms with Gasteiger partial charge in [0.15, 0.2) is 0 Å². The van der Waals surface area contributed by atoms with Gasteiger partial charge in [-0.25, -0.2) is 0 Å². The maximum Gasteiger partial charge on any atom is 0.312 e. The van der Waals surface area contributed by atoms with E-state index in [9.17, 15) is 9.59 Å². The molecule has 1 aromatic carbocycles. The topological polar surface area (TPSA) is 61.9 Å². The molecule has 2 rings (SSSR count). The predicted molar refractivity (Wildman–Crippen MR) is 94.2 cm³/mol. The monoisotopic (exact) mass is 333 g/mol. The third-order valence-corrected chi connectivity index (χ3v) is 4.49. The highest BCUT2D eigenvalue weighted by Crippen LogP contribution is 2.23. The number of hydrogen-bond donors (Lipinski definition) is 1. The van der Waals surface area contributed by atoms with E-state index in [2.05, 4.69) is 42.3 Å². The Balaban J connectivity index is 1.84. The number of benzene rings is 1. The molecule has 0 atom stereocenters. The molecule has 0 spiro atoms. The number of methoxy groups -OCH3 is 1. The molecule has 2 amide bonds. The highest BCUT2D eigenvalue weighted by Gasteiger charge is 2.26. The first-order chi connectivity index (χ1) is 11.5. The molecule has 24 heavy (non-hydrogen) atoms. The Hall–Kier alpha value is -2.08. The Labute approximate surface area is 143 Å². The van der Waals surface area contributed by atoms with Crippen molar-refractivity contribution in [3.63, 3.8) is 0 Å². The van der Waals surface area contributed by atoms with Gasteiger partial charge in [0.05, 0.1) is 0 Å². The van der Waals surface area contributed by atoms with E-state index in [-0.39, 0.29) is 0 Å². The van der Waals surface area contributed by atoms with Crippen LogP contribution < -0.4 is 10.2 Å². The van der Waals surface area contributed by atoms with Crippen LogP contribution in [0.4, 0.5) is 5.69 Å². The van der Waals surface area contributed by atoms with E-state index in [0.717, 1.165) is 13.1 Å². The first kappa shape index (κ1) is 18.3.